The highest BCUT2D eigenvalue weighted by Crippen LogP contribution is 2.16. The van der Waals surface area contributed by atoms with Crippen molar-refractivity contribution in [2.75, 3.05) is 26.2 Å². The molecule has 0 aromatic carbocycles. The highest BCUT2D eigenvalue weighted by molar-refractivity contribution is 5.69. The van der Waals surface area contributed by atoms with Crippen molar-refractivity contribution >= 4 is 11.9 Å². The van der Waals surface area contributed by atoms with Gasteiger partial charge < -0.3 is 19.8 Å². The predicted molar refractivity (Wildman–Crippen MR) is 140 cm³/mol. The lowest BCUT2D eigenvalue weighted by Crippen LogP contribution is -2.29. The van der Waals surface area contributed by atoms with E-state index in [2.05, 4.69) is 18.7 Å². The van der Waals surface area contributed by atoms with Crippen LogP contribution in [-0.2, 0) is 14.3 Å². The number of ether oxygens (including phenoxy) is 1. The fourth-order valence-electron chi connectivity index (χ4n) is 4.31. The number of hydrogen-bond acceptors (Lipinski definition) is 5. The molecule has 0 bridgehead atoms. The summed E-state index contributed by atoms with van der Waals surface area (Å²) < 4.78 is 5.77. The molecule has 0 spiro atoms. The van der Waals surface area contributed by atoms with Crippen molar-refractivity contribution in [2.24, 2.45) is 0 Å². The monoisotopic (exact) mass is 485 g/mol. The molecule has 0 rings (SSSR count). The van der Waals surface area contributed by atoms with E-state index in [0.29, 0.717) is 6.42 Å². The third kappa shape index (κ3) is 22.6. The summed E-state index contributed by atoms with van der Waals surface area (Å²) in [5, 5.41) is 18.0. The second-order valence-electron chi connectivity index (χ2n) is 9.74. The Morgan fingerprint density at radius 2 is 1.21 bits per heavy atom. The van der Waals surface area contributed by atoms with E-state index >= 15 is 0 Å². The lowest BCUT2D eigenvalue weighted by molar-refractivity contribution is -0.150. The Morgan fingerprint density at radius 3 is 1.76 bits per heavy atom. The zero-order chi connectivity index (χ0) is 25.3. The average molecular weight is 486 g/mol. The van der Waals surface area contributed by atoms with Crippen molar-refractivity contribution in [2.45, 2.75) is 142 Å². The molecule has 0 heterocycles. The molecule has 0 aliphatic heterocycles. The van der Waals surface area contributed by atoms with E-state index < -0.39 is 5.97 Å². The Bertz CT molecular complexity index is 472. The molecule has 0 radical (unpaired) electrons. The summed E-state index contributed by atoms with van der Waals surface area (Å²) in [5.41, 5.74) is 0. The van der Waals surface area contributed by atoms with Gasteiger partial charge in [-0.05, 0) is 58.0 Å². The molecule has 6 heteroatoms. The molecule has 6 nitrogen and oxygen atoms in total. The number of carbonyl (C=O) groups excluding carboxylic acids is 1. The average Bonchev–Trinajstić information content (AvgIpc) is 2.80. The molecule has 0 fully saturated rings. The van der Waals surface area contributed by atoms with Crippen molar-refractivity contribution in [1.29, 1.82) is 0 Å². The molecule has 202 valence electrons. The summed E-state index contributed by atoms with van der Waals surface area (Å²) in [5.74, 6) is -0.724. The first-order chi connectivity index (χ1) is 16.5. The van der Waals surface area contributed by atoms with Gasteiger partial charge in [0.1, 0.15) is 6.10 Å². The minimum Gasteiger partial charge on any atom is -0.481 e. The van der Waals surface area contributed by atoms with Crippen molar-refractivity contribution in [3.63, 3.8) is 0 Å². The molecule has 0 aromatic heterocycles. The first-order valence-electron chi connectivity index (χ1n) is 14.3. The van der Waals surface area contributed by atoms with Crippen LogP contribution in [0, 0.1) is 0 Å². The SMILES string of the molecule is CCCCCC(CCCC)OC(=O)CCCCCCCN(CCO)CCCCCCCC(=O)O. The van der Waals surface area contributed by atoms with Crippen LogP contribution in [0.3, 0.4) is 0 Å². The molecule has 0 aromatic rings. The molecule has 0 amide bonds. The van der Waals surface area contributed by atoms with Gasteiger partial charge in [-0.2, -0.15) is 0 Å². The number of esters is 1. The summed E-state index contributed by atoms with van der Waals surface area (Å²) >= 11 is 0. The van der Waals surface area contributed by atoms with Crippen LogP contribution in [0.1, 0.15) is 136 Å². The zero-order valence-electron chi connectivity index (χ0n) is 22.4. The Kier molecular flexibility index (Phi) is 24.1. The number of carboxylic acid groups (broad SMARTS) is 1. The quantitative estimate of drug-likeness (QED) is 0.104. The van der Waals surface area contributed by atoms with E-state index in [1.54, 1.807) is 0 Å². The summed E-state index contributed by atoms with van der Waals surface area (Å²) in [6, 6.07) is 0. The first kappa shape index (κ1) is 32.9. The Labute approximate surface area is 209 Å². The molecule has 2 N–H and O–H groups in total. The van der Waals surface area contributed by atoms with Gasteiger partial charge in [-0.15, -0.1) is 0 Å². The second-order valence-corrected chi connectivity index (χ2v) is 9.74. The second kappa shape index (κ2) is 25.0. The number of nitrogens with zero attached hydrogens (tertiary/aromatic N) is 1. The number of carbonyl (C=O) groups is 2. The van der Waals surface area contributed by atoms with Crippen molar-refractivity contribution < 1.29 is 24.5 Å². The fraction of sp³-hybridized carbons (Fsp3) is 0.929. The van der Waals surface area contributed by atoms with Crippen molar-refractivity contribution in [3.8, 4) is 0 Å². The van der Waals surface area contributed by atoms with E-state index in [4.69, 9.17) is 9.84 Å². The number of rotatable bonds is 26. The maximum atomic E-state index is 12.2. The topological polar surface area (TPSA) is 87.1 Å². The molecular weight excluding hydrogens is 430 g/mol. The number of aliphatic hydroxyl groups is 1. The van der Waals surface area contributed by atoms with Crippen LogP contribution >= 0.6 is 0 Å². The van der Waals surface area contributed by atoms with E-state index in [9.17, 15) is 14.7 Å². The van der Waals surface area contributed by atoms with Gasteiger partial charge in [0.2, 0.25) is 0 Å². The zero-order valence-corrected chi connectivity index (χ0v) is 22.4. The minimum absolute atomic E-state index is 0.0188. The molecule has 0 aliphatic carbocycles. The number of unbranched alkanes of at least 4 members (excludes halogenated alkanes) is 11. The summed E-state index contributed by atoms with van der Waals surface area (Å²) in [6.45, 7) is 7.32. The van der Waals surface area contributed by atoms with E-state index in [0.717, 1.165) is 116 Å². The van der Waals surface area contributed by atoms with Crippen LogP contribution in [0.4, 0.5) is 0 Å². The van der Waals surface area contributed by atoms with E-state index in [-0.39, 0.29) is 25.1 Å². The molecule has 0 saturated carbocycles. The van der Waals surface area contributed by atoms with Gasteiger partial charge >= 0.3 is 11.9 Å². The van der Waals surface area contributed by atoms with Gasteiger partial charge in [0.15, 0.2) is 0 Å². The van der Waals surface area contributed by atoms with Crippen LogP contribution in [-0.4, -0.2) is 59.4 Å². The molecular formula is C28H55NO5. The number of aliphatic carboxylic acids is 1. The number of aliphatic hydroxyl groups excluding tert-OH is 1. The summed E-state index contributed by atoms with van der Waals surface area (Å²) in [7, 11) is 0. The highest BCUT2D eigenvalue weighted by atomic mass is 16.5. The number of carboxylic acids is 1. The maximum absolute atomic E-state index is 12.2. The van der Waals surface area contributed by atoms with Gasteiger partial charge in [-0.1, -0.05) is 78.1 Å². The van der Waals surface area contributed by atoms with Gasteiger partial charge in [0.05, 0.1) is 6.61 Å². The first-order valence-corrected chi connectivity index (χ1v) is 14.3. The third-order valence-electron chi connectivity index (χ3n) is 6.44. The molecule has 0 saturated heterocycles. The minimum atomic E-state index is -0.706. The maximum Gasteiger partial charge on any atom is 0.306 e. The summed E-state index contributed by atoms with van der Waals surface area (Å²) in [6.07, 6.45) is 19.2. The standard InChI is InChI=1S/C28H55NO5/c1-3-5-13-19-26(18-6-4-2)34-28(33)21-15-10-8-12-17-23-29(24-25-30)22-16-11-7-9-14-20-27(31)32/h26,30H,3-25H2,1-2H3,(H,31,32). The van der Waals surface area contributed by atoms with Crippen LogP contribution in [0.25, 0.3) is 0 Å². The molecule has 0 aliphatic rings. The number of hydrogen-bond donors (Lipinski definition) is 2. The molecule has 1 atom stereocenters. The van der Waals surface area contributed by atoms with Crippen molar-refractivity contribution in [1.82, 2.24) is 4.90 Å². The van der Waals surface area contributed by atoms with Crippen LogP contribution < -0.4 is 0 Å². The fourth-order valence-corrected chi connectivity index (χ4v) is 4.31. The molecule has 34 heavy (non-hydrogen) atoms. The highest BCUT2D eigenvalue weighted by Gasteiger charge is 2.13. The molecule has 1 unspecified atom stereocenters. The van der Waals surface area contributed by atoms with Crippen LogP contribution in [0.5, 0.6) is 0 Å². The Hall–Kier alpha value is -1.14. The normalized spacial score (nSPS) is 12.2. The Morgan fingerprint density at radius 1 is 0.676 bits per heavy atom. The lowest BCUT2D eigenvalue weighted by atomic mass is 10.1. The van der Waals surface area contributed by atoms with Crippen LogP contribution in [0.15, 0.2) is 0 Å². The Balaban J connectivity index is 3.81. The largest absolute Gasteiger partial charge is 0.481 e. The lowest BCUT2D eigenvalue weighted by Gasteiger charge is -2.21. The van der Waals surface area contributed by atoms with Crippen molar-refractivity contribution in [3.05, 3.63) is 0 Å². The van der Waals surface area contributed by atoms with Crippen LogP contribution in [0.2, 0.25) is 0 Å². The van der Waals surface area contributed by atoms with Gasteiger partial charge in [0.25, 0.3) is 0 Å². The predicted octanol–water partition coefficient (Wildman–Crippen LogP) is 6.73. The van der Waals surface area contributed by atoms with Gasteiger partial charge in [-0.25, -0.2) is 0 Å². The van der Waals surface area contributed by atoms with E-state index in [1.807, 2.05) is 0 Å². The smallest absolute Gasteiger partial charge is 0.306 e. The van der Waals surface area contributed by atoms with E-state index in [1.165, 1.54) is 12.8 Å². The van der Waals surface area contributed by atoms with Gasteiger partial charge in [-0.3, -0.25) is 9.59 Å². The third-order valence-corrected chi connectivity index (χ3v) is 6.44. The summed E-state index contributed by atoms with van der Waals surface area (Å²) in [4.78, 5) is 25.1. The van der Waals surface area contributed by atoms with Gasteiger partial charge in [0, 0.05) is 19.4 Å².